The normalized spacial score (nSPS) is 26.0. The molecular weight excluding hydrogens is 276 g/mol. The van der Waals surface area contributed by atoms with E-state index in [1.165, 1.54) is 0 Å². The van der Waals surface area contributed by atoms with Crippen LogP contribution >= 0.6 is 0 Å². The molecule has 0 saturated carbocycles. The van der Waals surface area contributed by atoms with E-state index in [-0.39, 0.29) is 17.5 Å². The molecule has 3 heterocycles. The number of primary amides is 1. The summed E-state index contributed by atoms with van der Waals surface area (Å²) in [7, 11) is 0. The minimum Gasteiger partial charge on any atom is -0.390 e. The third-order valence-corrected chi connectivity index (χ3v) is 4.37. The molecule has 0 radical (unpaired) electrons. The van der Waals surface area contributed by atoms with Crippen molar-refractivity contribution < 1.29 is 19.2 Å². The fraction of sp³-hybridized carbons (Fsp3) is 0.769. The summed E-state index contributed by atoms with van der Waals surface area (Å²) in [5, 5.41) is 13.7. The van der Waals surface area contributed by atoms with Crippen molar-refractivity contribution >= 4 is 5.91 Å². The number of likely N-dealkylation sites (tertiary alicyclic amines) is 1. The zero-order valence-electron chi connectivity index (χ0n) is 11.8. The van der Waals surface area contributed by atoms with Crippen LogP contribution in [0.5, 0.6) is 0 Å². The van der Waals surface area contributed by atoms with Crippen LogP contribution in [0.3, 0.4) is 0 Å². The van der Waals surface area contributed by atoms with Gasteiger partial charge in [0.2, 0.25) is 5.89 Å². The highest BCUT2D eigenvalue weighted by Crippen LogP contribution is 2.35. The third kappa shape index (κ3) is 2.92. The van der Waals surface area contributed by atoms with Crippen molar-refractivity contribution in [1.29, 1.82) is 0 Å². The van der Waals surface area contributed by atoms with Gasteiger partial charge < -0.3 is 20.1 Å². The SMILES string of the molecule is NC(=O)c1noc(CN2CCC3(CC2)OCCC[C@@H]3O)n1. The van der Waals surface area contributed by atoms with Gasteiger partial charge in [-0.3, -0.25) is 9.69 Å². The van der Waals surface area contributed by atoms with Gasteiger partial charge in [-0.15, -0.1) is 0 Å². The molecule has 2 aliphatic rings. The Labute approximate surface area is 122 Å². The molecule has 0 unspecified atom stereocenters. The highest BCUT2D eigenvalue weighted by Gasteiger charge is 2.43. The average Bonchev–Trinajstić information content (AvgIpc) is 2.94. The first-order valence-corrected chi connectivity index (χ1v) is 7.26. The number of amides is 1. The van der Waals surface area contributed by atoms with Crippen LogP contribution in [-0.4, -0.2) is 57.5 Å². The predicted octanol–water partition coefficient (Wildman–Crippen LogP) is -0.326. The second-order valence-electron chi connectivity index (χ2n) is 5.72. The number of carbonyl (C=O) groups is 1. The second-order valence-corrected chi connectivity index (χ2v) is 5.72. The number of rotatable bonds is 3. The van der Waals surface area contributed by atoms with E-state index in [4.69, 9.17) is 15.0 Å². The molecule has 116 valence electrons. The van der Waals surface area contributed by atoms with E-state index >= 15 is 0 Å². The molecule has 1 amide bonds. The van der Waals surface area contributed by atoms with Gasteiger partial charge in [-0.1, -0.05) is 5.16 Å². The molecule has 1 spiro atoms. The number of aromatic nitrogens is 2. The van der Waals surface area contributed by atoms with E-state index in [2.05, 4.69) is 15.0 Å². The quantitative estimate of drug-likeness (QED) is 0.785. The topological polar surface area (TPSA) is 115 Å². The largest absolute Gasteiger partial charge is 0.390 e. The minimum absolute atomic E-state index is 0.0930. The lowest BCUT2D eigenvalue weighted by atomic mass is 9.82. The van der Waals surface area contributed by atoms with E-state index in [9.17, 15) is 9.90 Å². The lowest BCUT2D eigenvalue weighted by Gasteiger charge is -2.46. The molecule has 1 aromatic rings. The Hall–Kier alpha value is -1.51. The van der Waals surface area contributed by atoms with Gasteiger partial charge in [-0.2, -0.15) is 4.98 Å². The number of piperidine rings is 1. The van der Waals surface area contributed by atoms with Crippen molar-refractivity contribution in [3.05, 3.63) is 11.7 Å². The first kappa shape index (κ1) is 14.4. The smallest absolute Gasteiger partial charge is 0.290 e. The van der Waals surface area contributed by atoms with E-state index in [0.717, 1.165) is 45.4 Å². The molecule has 8 nitrogen and oxygen atoms in total. The minimum atomic E-state index is -0.693. The maximum absolute atomic E-state index is 10.9. The molecule has 2 saturated heterocycles. The number of aliphatic hydroxyl groups is 1. The standard InChI is InChI=1S/C13H20N4O4/c14-11(19)12-15-10(21-16-12)8-17-5-3-13(4-6-17)9(18)2-1-7-20-13/h9,18H,1-8H2,(H2,14,19)/t9-/m0/s1. The maximum atomic E-state index is 10.9. The number of aliphatic hydroxyl groups excluding tert-OH is 1. The lowest BCUT2D eigenvalue weighted by Crippen LogP contribution is -2.55. The summed E-state index contributed by atoms with van der Waals surface area (Å²) in [6.45, 7) is 2.77. The van der Waals surface area contributed by atoms with Crippen molar-refractivity contribution in [1.82, 2.24) is 15.0 Å². The molecule has 2 fully saturated rings. The van der Waals surface area contributed by atoms with Crippen molar-refractivity contribution in [2.24, 2.45) is 5.73 Å². The summed E-state index contributed by atoms with van der Waals surface area (Å²) in [4.78, 5) is 17.0. The Balaban J connectivity index is 1.56. The average molecular weight is 296 g/mol. The fourth-order valence-electron chi connectivity index (χ4n) is 3.09. The summed E-state index contributed by atoms with van der Waals surface area (Å²) in [5.74, 6) is -0.407. The second kappa shape index (κ2) is 5.70. The molecule has 1 aromatic heterocycles. The number of nitrogens with zero attached hydrogens (tertiary/aromatic N) is 3. The van der Waals surface area contributed by atoms with Crippen LogP contribution in [0.4, 0.5) is 0 Å². The number of hydrogen-bond donors (Lipinski definition) is 2. The molecule has 3 N–H and O–H groups in total. The van der Waals surface area contributed by atoms with E-state index in [1.54, 1.807) is 0 Å². The van der Waals surface area contributed by atoms with Gasteiger partial charge in [0.05, 0.1) is 18.2 Å². The molecule has 2 aliphatic heterocycles. The number of nitrogens with two attached hydrogens (primary N) is 1. The summed E-state index contributed by atoms with van der Waals surface area (Å²) < 4.78 is 10.9. The van der Waals surface area contributed by atoms with Gasteiger partial charge in [-0.05, 0) is 25.7 Å². The zero-order valence-corrected chi connectivity index (χ0v) is 11.8. The van der Waals surface area contributed by atoms with E-state index < -0.39 is 5.91 Å². The molecule has 0 aliphatic carbocycles. The number of hydrogen-bond acceptors (Lipinski definition) is 7. The molecule has 3 rings (SSSR count). The summed E-state index contributed by atoms with van der Waals surface area (Å²) in [6.07, 6.45) is 2.92. The fourth-order valence-corrected chi connectivity index (χ4v) is 3.09. The molecular formula is C13H20N4O4. The third-order valence-electron chi connectivity index (χ3n) is 4.37. The van der Waals surface area contributed by atoms with Gasteiger partial charge >= 0.3 is 0 Å². The van der Waals surface area contributed by atoms with Crippen molar-refractivity contribution in [2.45, 2.75) is 43.9 Å². The maximum Gasteiger partial charge on any atom is 0.290 e. The summed E-state index contributed by atoms with van der Waals surface area (Å²) >= 11 is 0. The van der Waals surface area contributed by atoms with Gasteiger partial charge in [0, 0.05) is 19.7 Å². The highest BCUT2D eigenvalue weighted by atomic mass is 16.5. The van der Waals surface area contributed by atoms with Crippen LogP contribution in [0, 0.1) is 0 Å². The van der Waals surface area contributed by atoms with Gasteiger partial charge in [0.15, 0.2) is 0 Å². The van der Waals surface area contributed by atoms with Crippen LogP contribution in [-0.2, 0) is 11.3 Å². The van der Waals surface area contributed by atoms with Gasteiger partial charge in [0.25, 0.3) is 11.7 Å². The van der Waals surface area contributed by atoms with Crippen molar-refractivity contribution in [3.8, 4) is 0 Å². The first-order valence-electron chi connectivity index (χ1n) is 7.26. The van der Waals surface area contributed by atoms with E-state index in [1.807, 2.05) is 0 Å². The van der Waals surface area contributed by atoms with Crippen LogP contribution in [0.1, 0.15) is 42.2 Å². The van der Waals surface area contributed by atoms with Crippen LogP contribution in [0.25, 0.3) is 0 Å². The Morgan fingerprint density at radius 1 is 1.48 bits per heavy atom. The van der Waals surface area contributed by atoms with Gasteiger partial charge in [0.1, 0.15) is 0 Å². The van der Waals surface area contributed by atoms with E-state index in [0.29, 0.717) is 12.4 Å². The Bertz CT molecular complexity index is 510. The molecule has 0 bridgehead atoms. The van der Waals surface area contributed by atoms with Crippen LogP contribution in [0.2, 0.25) is 0 Å². The molecule has 8 heteroatoms. The molecule has 1 atom stereocenters. The Morgan fingerprint density at radius 2 is 2.24 bits per heavy atom. The highest BCUT2D eigenvalue weighted by molar-refractivity contribution is 5.88. The van der Waals surface area contributed by atoms with Crippen LogP contribution < -0.4 is 5.73 Å². The van der Waals surface area contributed by atoms with Crippen molar-refractivity contribution in [2.75, 3.05) is 19.7 Å². The van der Waals surface area contributed by atoms with Gasteiger partial charge in [-0.25, -0.2) is 0 Å². The Morgan fingerprint density at radius 3 is 2.86 bits per heavy atom. The summed E-state index contributed by atoms with van der Waals surface area (Å²) in [6, 6.07) is 0. The predicted molar refractivity (Wildman–Crippen MR) is 71.3 cm³/mol. The lowest BCUT2D eigenvalue weighted by molar-refractivity contribution is -0.177. The first-order chi connectivity index (χ1) is 10.1. The van der Waals surface area contributed by atoms with Crippen molar-refractivity contribution in [3.63, 3.8) is 0 Å². The van der Waals surface area contributed by atoms with Crippen LogP contribution in [0.15, 0.2) is 4.52 Å². The number of ether oxygens (including phenoxy) is 1. The summed E-state index contributed by atoms with van der Waals surface area (Å²) in [5.41, 5.74) is 4.70. The molecule has 0 aromatic carbocycles. The monoisotopic (exact) mass is 296 g/mol. The molecule has 21 heavy (non-hydrogen) atoms. The number of carbonyl (C=O) groups excluding carboxylic acids is 1. The zero-order chi connectivity index (χ0) is 14.9. The Kier molecular flexibility index (Phi) is 3.92.